The smallest absolute Gasteiger partial charge is 0.247 e. The molecule has 1 aliphatic carbocycles. The molecule has 0 saturated carbocycles. The molecule has 0 aromatic heterocycles. The lowest BCUT2D eigenvalue weighted by molar-refractivity contribution is -0.132. The van der Waals surface area contributed by atoms with E-state index in [1.807, 2.05) is 38.1 Å². The number of aliphatic hydroxyl groups is 2. The van der Waals surface area contributed by atoms with E-state index in [9.17, 15) is 14.7 Å². The number of hydrogen-bond acceptors (Lipinski definition) is 6. The Morgan fingerprint density at radius 1 is 1.27 bits per heavy atom. The monoisotopic (exact) mass is 458 g/mol. The van der Waals surface area contributed by atoms with Gasteiger partial charge in [-0.3, -0.25) is 9.59 Å². The van der Waals surface area contributed by atoms with Gasteiger partial charge in [0.15, 0.2) is 0 Å². The van der Waals surface area contributed by atoms with Crippen molar-refractivity contribution in [2.75, 3.05) is 32.9 Å². The second-order valence-corrected chi connectivity index (χ2v) is 8.07. The van der Waals surface area contributed by atoms with Crippen molar-refractivity contribution in [2.24, 2.45) is 0 Å². The first-order valence-corrected chi connectivity index (χ1v) is 11.6. The third-order valence-electron chi connectivity index (χ3n) is 5.91. The summed E-state index contributed by atoms with van der Waals surface area (Å²) in [5.74, 6) is -0.425. The molecule has 8 nitrogen and oxygen atoms in total. The average molecular weight is 459 g/mol. The zero-order valence-electron chi connectivity index (χ0n) is 19.3. The number of nitrogens with zero attached hydrogens (tertiary/aromatic N) is 1. The fourth-order valence-electron chi connectivity index (χ4n) is 4.39. The maximum absolute atomic E-state index is 13.1. The SMILES string of the molecule is CCC=CC(=O)N(CCCOCC)[C@@H]1C=C(C(=O)NCCO)[C@@H]2c3ccccc3O[C@@H]2[C@H]1O. The third-order valence-corrected chi connectivity index (χ3v) is 5.91. The van der Waals surface area contributed by atoms with Crippen molar-refractivity contribution in [1.82, 2.24) is 10.2 Å². The molecule has 1 aromatic carbocycles. The van der Waals surface area contributed by atoms with E-state index in [2.05, 4.69) is 5.32 Å². The number of fused-ring (bicyclic) bond motifs is 3. The molecule has 0 bridgehead atoms. The Kier molecular flexibility index (Phi) is 9.05. The molecule has 1 aromatic rings. The van der Waals surface area contributed by atoms with Crippen molar-refractivity contribution in [3.63, 3.8) is 0 Å². The standard InChI is InChI=1S/C25H34N2O6/c1-3-5-11-21(29)27(13-8-15-32-4-2)19-16-18(25(31)26-12-14-28)22-17-9-6-7-10-20(17)33-24(22)23(19)30/h5-7,9-11,16,19,22-24,28,30H,3-4,8,12-15H2,1-2H3,(H,26,31)/t19-,22+,23+,24+/m1/s1. The summed E-state index contributed by atoms with van der Waals surface area (Å²) >= 11 is 0. The van der Waals surface area contributed by atoms with Crippen LogP contribution in [-0.4, -0.2) is 78.1 Å². The summed E-state index contributed by atoms with van der Waals surface area (Å²) in [6.45, 7) is 5.21. The average Bonchev–Trinajstić information content (AvgIpc) is 3.22. The number of carbonyl (C=O) groups is 2. The fraction of sp³-hybridized carbons (Fsp3) is 0.520. The lowest BCUT2D eigenvalue weighted by Gasteiger charge is -2.40. The van der Waals surface area contributed by atoms with Gasteiger partial charge in [-0.15, -0.1) is 0 Å². The van der Waals surface area contributed by atoms with Crippen LogP contribution in [0.5, 0.6) is 5.75 Å². The van der Waals surface area contributed by atoms with E-state index in [0.717, 1.165) is 5.56 Å². The number of ether oxygens (including phenoxy) is 2. The molecule has 3 rings (SSSR count). The topological polar surface area (TPSA) is 108 Å². The molecular formula is C25H34N2O6. The summed E-state index contributed by atoms with van der Waals surface area (Å²) in [7, 11) is 0. The van der Waals surface area contributed by atoms with Crippen LogP contribution in [0.3, 0.4) is 0 Å². The highest BCUT2D eigenvalue weighted by molar-refractivity contribution is 5.96. The number of para-hydroxylation sites is 1. The number of benzene rings is 1. The van der Waals surface area contributed by atoms with Gasteiger partial charge in [-0.05, 0) is 38.0 Å². The Morgan fingerprint density at radius 2 is 2.06 bits per heavy atom. The minimum absolute atomic E-state index is 0.111. The highest BCUT2D eigenvalue weighted by Crippen LogP contribution is 2.47. The number of aliphatic hydroxyl groups excluding tert-OH is 2. The first-order chi connectivity index (χ1) is 16.0. The van der Waals surface area contributed by atoms with Crippen molar-refractivity contribution in [2.45, 2.75) is 50.9 Å². The Balaban J connectivity index is 1.98. The van der Waals surface area contributed by atoms with Crippen molar-refractivity contribution in [3.05, 3.63) is 53.6 Å². The quantitative estimate of drug-likeness (QED) is 0.343. The molecule has 4 atom stereocenters. The molecule has 2 aliphatic rings. The van der Waals surface area contributed by atoms with Gasteiger partial charge in [-0.25, -0.2) is 0 Å². The largest absolute Gasteiger partial charge is 0.486 e. The first-order valence-electron chi connectivity index (χ1n) is 11.6. The second-order valence-electron chi connectivity index (χ2n) is 8.07. The van der Waals surface area contributed by atoms with Gasteiger partial charge in [0, 0.05) is 37.4 Å². The molecule has 0 unspecified atom stereocenters. The Morgan fingerprint density at radius 3 is 2.79 bits per heavy atom. The summed E-state index contributed by atoms with van der Waals surface area (Å²) in [6, 6.07) is 6.66. The van der Waals surface area contributed by atoms with Crippen molar-refractivity contribution < 1.29 is 29.3 Å². The number of rotatable bonds is 11. The van der Waals surface area contributed by atoms with E-state index >= 15 is 0 Å². The Bertz CT molecular complexity index is 883. The number of nitrogens with one attached hydrogen (secondary N) is 1. The summed E-state index contributed by atoms with van der Waals surface area (Å²) in [4.78, 5) is 27.7. The van der Waals surface area contributed by atoms with E-state index < -0.39 is 24.2 Å². The third kappa shape index (κ3) is 5.63. The van der Waals surface area contributed by atoms with Gasteiger partial charge in [-0.2, -0.15) is 0 Å². The molecule has 3 N–H and O–H groups in total. The Hall–Kier alpha value is -2.68. The maximum atomic E-state index is 13.1. The lowest BCUT2D eigenvalue weighted by atomic mass is 9.77. The summed E-state index contributed by atoms with van der Waals surface area (Å²) < 4.78 is 11.5. The van der Waals surface area contributed by atoms with Gasteiger partial charge >= 0.3 is 0 Å². The van der Waals surface area contributed by atoms with Crippen LogP contribution < -0.4 is 10.1 Å². The highest BCUT2D eigenvalue weighted by atomic mass is 16.5. The molecule has 0 fully saturated rings. The molecule has 0 spiro atoms. The van der Waals surface area contributed by atoms with Crippen LogP contribution in [0.2, 0.25) is 0 Å². The van der Waals surface area contributed by atoms with E-state index in [1.165, 1.54) is 6.08 Å². The molecule has 8 heteroatoms. The minimum atomic E-state index is -1.03. The number of amides is 2. The number of hydrogen-bond donors (Lipinski definition) is 3. The predicted molar refractivity (Wildman–Crippen MR) is 124 cm³/mol. The summed E-state index contributed by atoms with van der Waals surface area (Å²) in [5, 5.41) is 23.2. The van der Waals surface area contributed by atoms with Crippen LogP contribution in [0.15, 0.2) is 48.1 Å². The molecule has 180 valence electrons. The van der Waals surface area contributed by atoms with Crippen LogP contribution in [0, 0.1) is 0 Å². The van der Waals surface area contributed by atoms with Crippen LogP contribution in [0.4, 0.5) is 0 Å². The van der Waals surface area contributed by atoms with Gasteiger partial charge in [-0.1, -0.05) is 31.2 Å². The van der Waals surface area contributed by atoms with Crippen LogP contribution in [0.25, 0.3) is 0 Å². The van der Waals surface area contributed by atoms with Gasteiger partial charge in [0.05, 0.1) is 18.6 Å². The van der Waals surface area contributed by atoms with Gasteiger partial charge < -0.3 is 29.9 Å². The maximum Gasteiger partial charge on any atom is 0.247 e. The normalized spacial score (nSPS) is 23.5. The molecule has 2 amide bonds. The molecule has 0 saturated heterocycles. The van der Waals surface area contributed by atoms with Crippen LogP contribution in [-0.2, 0) is 14.3 Å². The predicted octanol–water partition coefficient (Wildman–Crippen LogP) is 1.53. The van der Waals surface area contributed by atoms with Gasteiger partial charge in [0.2, 0.25) is 11.8 Å². The first kappa shape index (κ1) is 25.0. The number of allylic oxidation sites excluding steroid dienone is 1. The second kappa shape index (κ2) is 12.0. The molecule has 33 heavy (non-hydrogen) atoms. The number of carbonyl (C=O) groups excluding carboxylic acids is 2. The van der Waals surface area contributed by atoms with Crippen LogP contribution >= 0.6 is 0 Å². The summed E-state index contributed by atoms with van der Waals surface area (Å²) in [6.07, 6.45) is 4.53. The zero-order chi connectivity index (χ0) is 23.8. The fourth-order valence-corrected chi connectivity index (χ4v) is 4.39. The highest BCUT2D eigenvalue weighted by Gasteiger charge is 2.50. The van der Waals surface area contributed by atoms with Crippen molar-refractivity contribution >= 4 is 11.8 Å². The molecule has 1 heterocycles. The minimum Gasteiger partial charge on any atom is -0.486 e. The van der Waals surface area contributed by atoms with Crippen LogP contribution in [0.1, 0.15) is 38.2 Å². The van der Waals surface area contributed by atoms with E-state index in [0.29, 0.717) is 43.9 Å². The van der Waals surface area contributed by atoms with E-state index in [4.69, 9.17) is 14.6 Å². The van der Waals surface area contributed by atoms with Gasteiger partial charge in [0.25, 0.3) is 0 Å². The van der Waals surface area contributed by atoms with Gasteiger partial charge in [0.1, 0.15) is 18.0 Å². The van der Waals surface area contributed by atoms with E-state index in [1.54, 1.807) is 17.1 Å². The molecule has 1 aliphatic heterocycles. The molecular weight excluding hydrogens is 424 g/mol. The van der Waals surface area contributed by atoms with Crippen molar-refractivity contribution in [3.8, 4) is 5.75 Å². The van der Waals surface area contributed by atoms with E-state index in [-0.39, 0.29) is 25.0 Å². The van der Waals surface area contributed by atoms with Crippen molar-refractivity contribution in [1.29, 1.82) is 0 Å². The summed E-state index contributed by atoms with van der Waals surface area (Å²) in [5.41, 5.74) is 1.25. The lowest BCUT2D eigenvalue weighted by Crippen LogP contribution is -2.55. The Labute approximate surface area is 194 Å². The molecule has 0 radical (unpaired) electrons. The zero-order valence-corrected chi connectivity index (χ0v) is 19.3.